The van der Waals surface area contributed by atoms with Crippen molar-refractivity contribution in [3.63, 3.8) is 0 Å². The molecule has 0 unspecified atom stereocenters. The zero-order valence-electron chi connectivity index (χ0n) is 13.4. The molecule has 0 fully saturated rings. The van der Waals surface area contributed by atoms with Gasteiger partial charge in [-0.2, -0.15) is 0 Å². The Kier molecular flexibility index (Phi) is 13.8. The summed E-state index contributed by atoms with van der Waals surface area (Å²) in [6.45, 7) is 2.72. The molecule has 3 heteroatoms. The Morgan fingerprint density at radius 2 is 1.00 bits per heavy atom. The van der Waals surface area contributed by atoms with E-state index in [9.17, 15) is 5.11 Å². The monoisotopic (exact) mass is 288 g/mol. The van der Waals surface area contributed by atoms with E-state index in [4.69, 9.17) is 10.2 Å². The van der Waals surface area contributed by atoms with E-state index in [1.807, 2.05) is 0 Å². The van der Waals surface area contributed by atoms with Crippen LogP contribution in [0.2, 0.25) is 0 Å². The number of aliphatic hydroxyl groups is 3. The zero-order valence-corrected chi connectivity index (χ0v) is 13.4. The average Bonchev–Trinajstić information content (AvgIpc) is 2.45. The molecule has 0 amide bonds. The quantitative estimate of drug-likeness (QED) is 0.402. The van der Waals surface area contributed by atoms with Gasteiger partial charge in [-0.15, -0.1) is 0 Å². The van der Waals surface area contributed by atoms with Gasteiger partial charge in [-0.05, 0) is 32.1 Å². The van der Waals surface area contributed by atoms with E-state index in [-0.39, 0.29) is 13.2 Å². The van der Waals surface area contributed by atoms with Crippen molar-refractivity contribution in [3.05, 3.63) is 0 Å². The Balaban J connectivity index is 3.98. The summed E-state index contributed by atoms with van der Waals surface area (Å²) in [5, 5.41) is 28.4. The van der Waals surface area contributed by atoms with Gasteiger partial charge >= 0.3 is 0 Å². The second kappa shape index (κ2) is 13.8. The molecule has 0 bridgehead atoms. The van der Waals surface area contributed by atoms with Crippen molar-refractivity contribution in [1.82, 2.24) is 0 Å². The maximum atomic E-state index is 10.8. The van der Waals surface area contributed by atoms with Crippen molar-refractivity contribution in [3.8, 4) is 0 Å². The topological polar surface area (TPSA) is 60.7 Å². The molecule has 3 nitrogen and oxygen atoms in total. The minimum Gasteiger partial charge on any atom is -0.396 e. The van der Waals surface area contributed by atoms with Gasteiger partial charge in [0.15, 0.2) is 0 Å². The summed E-state index contributed by atoms with van der Waals surface area (Å²) in [7, 11) is 0. The lowest BCUT2D eigenvalue weighted by Crippen LogP contribution is -2.28. The van der Waals surface area contributed by atoms with Gasteiger partial charge < -0.3 is 15.3 Å². The lowest BCUT2D eigenvalue weighted by atomic mass is 9.85. The van der Waals surface area contributed by atoms with Crippen molar-refractivity contribution in [2.24, 2.45) is 0 Å². The van der Waals surface area contributed by atoms with Crippen LogP contribution in [0.15, 0.2) is 0 Å². The van der Waals surface area contributed by atoms with Gasteiger partial charge in [0.2, 0.25) is 0 Å². The molecule has 0 aliphatic carbocycles. The van der Waals surface area contributed by atoms with Crippen molar-refractivity contribution in [1.29, 1.82) is 0 Å². The highest BCUT2D eigenvalue weighted by molar-refractivity contribution is 4.78. The lowest BCUT2D eigenvalue weighted by Gasteiger charge is -2.28. The Hall–Kier alpha value is -0.120. The van der Waals surface area contributed by atoms with Gasteiger partial charge in [0, 0.05) is 13.2 Å². The van der Waals surface area contributed by atoms with Gasteiger partial charge in [0.25, 0.3) is 0 Å². The van der Waals surface area contributed by atoms with E-state index in [1.54, 1.807) is 0 Å². The third kappa shape index (κ3) is 11.7. The molecule has 20 heavy (non-hydrogen) atoms. The van der Waals surface area contributed by atoms with E-state index < -0.39 is 5.60 Å². The fraction of sp³-hybridized carbons (Fsp3) is 1.00. The molecule has 0 heterocycles. The van der Waals surface area contributed by atoms with Gasteiger partial charge in [-0.3, -0.25) is 0 Å². The van der Waals surface area contributed by atoms with Crippen molar-refractivity contribution in [2.45, 2.75) is 96.0 Å². The number of rotatable bonds is 15. The summed E-state index contributed by atoms with van der Waals surface area (Å²) in [6.07, 6.45) is 13.1. The van der Waals surface area contributed by atoms with Crippen LogP contribution in [0.5, 0.6) is 0 Å². The maximum Gasteiger partial charge on any atom is 0.0647 e. The molecule has 122 valence electrons. The second-order valence-corrected chi connectivity index (χ2v) is 6.10. The number of hydrogen-bond acceptors (Lipinski definition) is 3. The average molecular weight is 288 g/mol. The van der Waals surface area contributed by atoms with Gasteiger partial charge in [-0.1, -0.05) is 58.3 Å². The van der Waals surface area contributed by atoms with Crippen LogP contribution < -0.4 is 0 Å². The highest BCUT2D eigenvalue weighted by atomic mass is 16.3. The van der Waals surface area contributed by atoms with Gasteiger partial charge in [0.1, 0.15) is 0 Å². The van der Waals surface area contributed by atoms with Gasteiger partial charge in [-0.25, -0.2) is 0 Å². The van der Waals surface area contributed by atoms with Crippen LogP contribution in [-0.2, 0) is 0 Å². The first-order valence-electron chi connectivity index (χ1n) is 8.62. The van der Waals surface area contributed by atoms with Crippen LogP contribution in [0, 0.1) is 0 Å². The van der Waals surface area contributed by atoms with Crippen LogP contribution >= 0.6 is 0 Å². The van der Waals surface area contributed by atoms with Crippen LogP contribution in [0.3, 0.4) is 0 Å². The van der Waals surface area contributed by atoms with Crippen LogP contribution in [0.4, 0.5) is 0 Å². The molecule has 0 aromatic heterocycles. The van der Waals surface area contributed by atoms with E-state index in [0.29, 0.717) is 0 Å². The second-order valence-electron chi connectivity index (χ2n) is 6.10. The largest absolute Gasteiger partial charge is 0.396 e. The molecule has 0 aliphatic heterocycles. The first-order chi connectivity index (χ1) is 9.68. The van der Waals surface area contributed by atoms with Gasteiger partial charge in [0.05, 0.1) is 5.60 Å². The van der Waals surface area contributed by atoms with E-state index in [2.05, 4.69) is 6.92 Å². The summed E-state index contributed by atoms with van der Waals surface area (Å²) in [6, 6.07) is 0. The summed E-state index contributed by atoms with van der Waals surface area (Å²) in [5.74, 6) is 0. The molecular formula is C17H36O3. The first-order valence-corrected chi connectivity index (χ1v) is 8.62. The van der Waals surface area contributed by atoms with Crippen molar-refractivity contribution < 1.29 is 15.3 Å². The Labute approximate surface area is 125 Å². The van der Waals surface area contributed by atoms with Crippen LogP contribution in [0.25, 0.3) is 0 Å². The van der Waals surface area contributed by atoms with Crippen LogP contribution in [-0.4, -0.2) is 34.1 Å². The molecule has 0 rings (SSSR count). The third-order valence-corrected chi connectivity index (χ3v) is 4.10. The highest BCUT2D eigenvalue weighted by Crippen LogP contribution is 2.28. The molecule has 0 saturated heterocycles. The summed E-state index contributed by atoms with van der Waals surface area (Å²) < 4.78 is 0. The number of aliphatic hydroxyl groups excluding tert-OH is 2. The standard InChI is InChI=1S/C17H36O3/c1-2-3-4-7-12-17(20,13-8-5-10-15-18)14-9-6-11-16-19/h18-20H,2-16H2,1H3. The van der Waals surface area contributed by atoms with E-state index >= 15 is 0 Å². The van der Waals surface area contributed by atoms with E-state index in [1.165, 1.54) is 19.3 Å². The molecule has 0 saturated carbocycles. The Morgan fingerprint density at radius 3 is 1.35 bits per heavy atom. The molecule has 0 aliphatic rings. The minimum atomic E-state index is -0.515. The zero-order chi connectivity index (χ0) is 15.1. The molecule has 0 spiro atoms. The molecular weight excluding hydrogens is 252 g/mol. The smallest absolute Gasteiger partial charge is 0.0647 e. The summed E-state index contributed by atoms with van der Waals surface area (Å²) in [4.78, 5) is 0. The minimum absolute atomic E-state index is 0.255. The number of hydrogen-bond donors (Lipinski definition) is 3. The SMILES string of the molecule is CCCCCCC(O)(CCCCCO)CCCCCO. The molecule has 0 aromatic carbocycles. The predicted octanol–water partition coefficient (Wildman–Crippen LogP) is 3.79. The highest BCUT2D eigenvalue weighted by Gasteiger charge is 2.24. The predicted molar refractivity (Wildman–Crippen MR) is 84.8 cm³/mol. The normalized spacial score (nSPS) is 12.0. The van der Waals surface area contributed by atoms with Crippen molar-refractivity contribution in [2.75, 3.05) is 13.2 Å². The number of unbranched alkanes of at least 4 members (excludes halogenated alkanes) is 7. The molecule has 0 radical (unpaired) electrons. The Bertz CT molecular complexity index is 163. The molecule has 0 aromatic rings. The Morgan fingerprint density at radius 1 is 0.600 bits per heavy atom. The molecule has 0 atom stereocenters. The fourth-order valence-corrected chi connectivity index (χ4v) is 2.74. The molecule has 3 N–H and O–H groups in total. The maximum absolute atomic E-state index is 10.8. The fourth-order valence-electron chi connectivity index (χ4n) is 2.74. The van der Waals surface area contributed by atoms with E-state index in [0.717, 1.165) is 64.2 Å². The van der Waals surface area contributed by atoms with Crippen molar-refractivity contribution >= 4 is 0 Å². The lowest BCUT2D eigenvalue weighted by molar-refractivity contribution is 0.00663. The third-order valence-electron chi connectivity index (χ3n) is 4.10. The van der Waals surface area contributed by atoms with Crippen LogP contribution in [0.1, 0.15) is 90.4 Å². The summed E-state index contributed by atoms with van der Waals surface area (Å²) >= 11 is 0. The first kappa shape index (κ1) is 19.9. The summed E-state index contributed by atoms with van der Waals surface area (Å²) in [5.41, 5.74) is -0.515.